The Morgan fingerprint density at radius 1 is 0.880 bits per heavy atom. The number of hydrogen-bond acceptors (Lipinski definition) is 4. The second-order valence-electron chi connectivity index (χ2n) is 6.31. The van der Waals surface area contributed by atoms with E-state index >= 15 is 0 Å². The summed E-state index contributed by atoms with van der Waals surface area (Å²) < 4.78 is 51.1. The van der Waals surface area contributed by atoms with Crippen molar-refractivity contribution in [2.45, 2.75) is 24.8 Å². The third-order valence-electron chi connectivity index (χ3n) is 4.38. The predicted octanol–water partition coefficient (Wildman–Crippen LogP) is 2.21. The van der Waals surface area contributed by atoms with E-state index < -0.39 is 25.1 Å². The van der Waals surface area contributed by atoms with E-state index in [1.165, 1.54) is 4.31 Å². The Hall–Kier alpha value is -1.70. The third kappa shape index (κ3) is 4.48. The van der Waals surface area contributed by atoms with Gasteiger partial charge in [0.25, 0.3) is 0 Å². The number of sulfone groups is 1. The van der Waals surface area contributed by atoms with Gasteiger partial charge in [0.1, 0.15) is 0 Å². The summed E-state index contributed by atoms with van der Waals surface area (Å²) in [4.78, 5) is 0. The predicted molar refractivity (Wildman–Crippen MR) is 98.1 cm³/mol. The number of rotatable bonds is 6. The second-order valence-corrected chi connectivity index (χ2v) is 10.8. The van der Waals surface area contributed by atoms with Gasteiger partial charge in [-0.1, -0.05) is 60.7 Å². The molecule has 25 heavy (non-hydrogen) atoms. The van der Waals surface area contributed by atoms with Crippen LogP contribution < -0.4 is 0 Å². The topological polar surface area (TPSA) is 71.5 Å². The van der Waals surface area contributed by atoms with Crippen LogP contribution in [0.15, 0.2) is 60.7 Å². The van der Waals surface area contributed by atoms with Crippen LogP contribution >= 0.6 is 0 Å². The Balaban J connectivity index is 1.89. The summed E-state index contributed by atoms with van der Waals surface area (Å²) in [5, 5.41) is -0.857. The molecule has 1 fully saturated rings. The zero-order chi connectivity index (χ0) is 17.9. The minimum Gasteiger partial charge on any atom is -0.229 e. The molecule has 5 nitrogen and oxygen atoms in total. The molecule has 0 aromatic heterocycles. The minimum absolute atomic E-state index is 0.0542. The van der Waals surface area contributed by atoms with Gasteiger partial charge in [0.2, 0.25) is 10.0 Å². The summed E-state index contributed by atoms with van der Waals surface area (Å²) in [7, 11) is -6.98. The maximum atomic E-state index is 13.1. The molecule has 0 saturated carbocycles. The number of hydrogen-bond donors (Lipinski definition) is 0. The monoisotopic (exact) mass is 379 g/mol. The lowest BCUT2D eigenvalue weighted by molar-refractivity contribution is 0.395. The normalized spacial score (nSPS) is 20.0. The molecule has 3 rings (SSSR count). The molecule has 1 aliphatic rings. The molecular weight excluding hydrogens is 358 g/mol. The summed E-state index contributed by atoms with van der Waals surface area (Å²) in [6.07, 6.45) is 0.171. The second kappa shape index (κ2) is 7.27. The molecule has 0 unspecified atom stereocenters. The fourth-order valence-electron chi connectivity index (χ4n) is 3.02. The van der Waals surface area contributed by atoms with Crippen molar-refractivity contribution < 1.29 is 16.8 Å². The van der Waals surface area contributed by atoms with Crippen molar-refractivity contribution in [3.05, 3.63) is 71.8 Å². The van der Waals surface area contributed by atoms with E-state index in [0.29, 0.717) is 0 Å². The van der Waals surface area contributed by atoms with Crippen molar-refractivity contribution in [2.75, 3.05) is 11.5 Å². The van der Waals surface area contributed by atoms with Gasteiger partial charge in [0, 0.05) is 13.1 Å². The molecule has 0 amide bonds. The molecule has 0 aliphatic carbocycles. The van der Waals surface area contributed by atoms with Crippen LogP contribution in [0.1, 0.15) is 17.5 Å². The number of sulfonamides is 1. The maximum absolute atomic E-state index is 13.1. The first-order valence-corrected chi connectivity index (χ1v) is 11.5. The maximum Gasteiger partial charge on any atom is 0.218 e. The van der Waals surface area contributed by atoms with Crippen LogP contribution in [-0.2, 0) is 33.0 Å². The van der Waals surface area contributed by atoms with Crippen LogP contribution in [0, 0.1) is 0 Å². The van der Waals surface area contributed by atoms with Gasteiger partial charge < -0.3 is 0 Å². The summed E-state index contributed by atoms with van der Waals surface area (Å²) in [6.45, 7) is 0.462. The first-order valence-electron chi connectivity index (χ1n) is 8.14. The van der Waals surface area contributed by atoms with E-state index in [1.807, 2.05) is 60.7 Å². The first-order chi connectivity index (χ1) is 11.9. The Bertz CT molecular complexity index is 869. The SMILES string of the molecule is O=S1(=O)CC[C@H](S(=O)(=O)N(Cc2ccccc2)Cc2ccccc2)C1. The van der Waals surface area contributed by atoms with E-state index in [2.05, 4.69) is 0 Å². The highest BCUT2D eigenvalue weighted by atomic mass is 32.2. The summed E-state index contributed by atoms with van der Waals surface area (Å²) >= 11 is 0. The van der Waals surface area contributed by atoms with Crippen LogP contribution in [0.3, 0.4) is 0 Å². The molecular formula is C18H21NO4S2. The molecule has 1 saturated heterocycles. The van der Waals surface area contributed by atoms with E-state index in [9.17, 15) is 16.8 Å². The number of nitrogens with zero attached hydrogens (tertiary/aromatic N) is 1. The number of benzene rings is 2. The Morgan fingerprint density at radius 3 is 1.76 bits per heavy atom. The molecule has 0 bridgehead atoms. The highest BCUT2D eigenvalue weighted by Crippen LogP contribution is 2.25. The first kappa shape index (κ1) is 18.1. The van der Waals surface area contributed by atoms with Crippen molar-refractivity contribution >= 4 is 19.9 Å². The quantitative estimate of drug-likeness (QED) is 0.771. The van der Waals surface area contributed by atoms with E-state index in [1.54, 1.807) is 0 Å². The lowest BCUT2D eigenvalue weighted by Gasteiger charge is -2.25. The van der Waals surface area contributed by atoms with Crippen molar-refractivity contribution in [1.82, 2.24) is 4.31 Å². The fraction of sp³-hybridized carbons (Fsp3) is 0.333. The minimum atomic E-state index is -3.71. The van der Waals surface area contributed by atoms with Gasteiger partial charge >= 0.3 is 0 Å². The van der Waals surface area contributed by atoms with E-state index in [0.717, 1.165) is 11.1 Å². The zero-order valence-electron chi connectivity index (χ0n) is 13.8. The summed E-state index contributed by atoms with van der Waals surface area (Å²) in [6, 6.07) is 18.7. The molecule has 7 heteroatoms. The molecule has 1 heterocycles. The zero-order valence-corrected chi connectivity index (χ0v) is 15.4. The van der Waals surface area contributed by atoms with Crippen molar-refractivity contribution in [1.29, 1.82) is 0 Å². The van der Waals surface area contributed by atoms with Crippen LogP contribution in [0.4, 0.5) is 0 Å². The Morgan fingerprint density at radius 2 is 1.36 bits per heavy atom. The highest BCUT2D eigenvalue weighted by molar-refractivity contribution is 7.95. The van der Waals surface area contributed by atoms with E-state index in [-0.39, 0.29) is 31.0 Å². The average molecular weight is 380 g/mol. The van der Waals surface area contributed by atoms with Gasteiger partial charge in [-0.05, 0) is 17.5 Å². The van der Waals surface area contributed by atoms with Crippen LogP contribution in [0.25, 0.3) is 0 Å². The molecule has 0 spiro atoms. The van der Waals surface area contributed by atoms with Gasteiger partial charge in [-0.15, -0.1) is 0 Å². The van der Waals surface area contributed by atoms with Crippen molar-refractivity contribution in [3.8, 4) is 0 Å². The third-order valence-corrected chi connectivity index (χ3v) is 8.58. The van der Waals surface area contributed by atoms with Gasteiger partial charge in [-0.2, -0.15) is 4.31 Å². The molecule has 0 N–H and O–H groups in total. The largest absolute Gasteiger partial charge is 0.229 e. The smallest absolute Gasteiger partial charge is 0.218 e. The van der Waals surface area contributed by atoms with Crippen molar-refractivity contribution in [2.24, 2.45) is 0 Å². The van der Waals surface area contributed by atoms with Gasteiger partial charge in [-0.25, -0.2) is 16.8 Å². The lowest BCUT2D eigenvalue weighted by atomic mass is 10.2. The molecule has 0 radical (unpaired) electrons. The highest BCUT2D eigenvalue weighted by Gasteiger charge is 2.40. The van der Waals surface area contributed by atoms with Crippen molar-refractivity contribution in [3.63, 3.8) is 0 Å². The summed E-state index contributed by atoms with van der Waals surface area (Å²) in [5.41, 5.74) is 1.76. The summed E-state index contributed by atoms with van der Waals surface area (Å²) in [5.74, 6) is -0.336. The van der Waals surface area contributed by atoms with Crippen LogP contribution in [0.2, 0.25) is 0 Å². The fourth-order valence-corrected chi connectivity index (χ4v) is 7.51. The van der Waals surface area contributed by atoms with Gasteiger partial charge in [0.05, 0.1) is 16.8 Å². The molecule has 134 valence electrons. The Kier molecular flexibility index (Phi) is 5.27. The van der Waals surface area contributed by atoms with Gasteiger partial charge in [0.15, 0.2) is 9.84 Å². The van der Waals surface area contributed by atoms with E-state index in [4.69, 9.17) is 0 Å². The molecule has 2 aromatic carbocycles. The lowest BCUT2D eigenvalue weighted by Crippen LogP contribution is -2.38. The van der Waals surface area contributed by atoms with Gasteiger partial charge in [-0.3, -0.25) is 0 Å². The van der Waals surface area contributed by atoms with Crippen LogP contribution in [-0.4, -0.2) is 37.9 Å². The average Bonchev–Trinajstić information content (AvgIpc) is 2.97. The molecule has 1 atom stereocenters. The standard InChI is InChI=1S/C18H21NO4S2/c20-24(21)12-11-18(15-24)25(22,23)19(13-16-7-3-1-4-8-16)14-17-9-5-2-6-10-17/h1-10,18H,11-15H2/t18-/m0/s1. The van der Waals surface area contributed by atoms with Crippen LogP contribution in [0.5, 0.6) is 0 Å². The molecule has 2 aromatic rings. The Labute approximate surface area is 149 Å². The molecule has 1 aliphatic heterocycles.